The Hall–Kier alpha value is -1.31. The van der Waals surface area contributed by atoms with Gasteiger partial charge in [0.2, 0.25) is 15.9 Å². The van der Waals surface area contributed by atoms with Crippen LogP contribution in [-0.2, 0) is 14.8 Å². The maximum absolute atomic E-state index is 12.4. The molecular formula is C14H22ClN3O3S. The third-order valence-corrected chi connectivity index (χ3v) is 4.18. The summed E-state index contributed by atoms with van der Waals surface area (Å²) in [6.07, 6.45) is 2.90. The number of carbonyl (C=O) groups excluding carboxylic acids is 1. The summed E-state index contributed by atoms with van der Waals surface area (Å²) in [5.74, 6) is -0.0498. The van der Waals surface area contributed by atoms with Crippen LogP contribution < -0.4 is 15.4 Å². The first-order valence-electron chi connectivity index (χ1n) is 6.89. The zero-order chi connectivity index (χ0) is 15.5. The molecule has 3 N–H and O–H groups in total. The number of piperidine rings is 1. The Morgan fingerprint density at radius 1 is 1.32 bits per heavy atom. The van der Waals surface area contributed by atoms with Gasteiger partial charge in [0.05, 0.1) is 17.4 Å². The Labute approximate surface area is 137 Å². The molecule has 124 valence electrons. The highest BCUT2D eigenvalue weighted by molar-refractivity contribution is 7.92. The summed E-state index contributed by atoms with van der Waals surface area (Å²) >= 11 is 0. The molecule has 1 heterocycles. The largest absolute Gasteiger partial charge is 0.326 e. The van der Waals surface area contributed by atoms with Crippen molar-refractivity contribution in [2.75, 3.05) is 29.4 Å². The molecule has 0 radical (unpaired) electrons. The zero-order valence-corrected chi connectivity index (χ0v) is 14.3. The van der Waals surface area contributed by atoms with Crippen molar-refractivity contribution in [1.82, 2.24) is 5.32 Å². The Bertz CT molecular complexity index is 628. The molecule has 22 heavy (non-hydrogen) atoms. The second-order valence-electron chi connectivity index (χ2n) is 5.75. The highest BCUT2D eigenvalue weighted by Crippen LogP contribution is 2.27. The minimum atomic E-state index is -3.33. The highest BCUT2D eigenvalue weighted by Gasteiger charge is 2.34. The van der Waals surface area contributed by atoms with Gasteiger partial charge in [-0.2, -0.15) is 0 Å². The Balaban J connectivity index is 0.00000242. The number of nitrogens with one attached hydrogen (secondary N) is 3. The van der Waals surface area contributed by atoms with Crippen LogP contribution in [0.1, 0.15) is 19.8 Å². The Kier molecular flexibility index (Phi) is 6.22. The first-order valence-corrected chi connectivity index (χ1v) is 8.78. The summed E-state index contributed by atoms with van der Waals surface area (Å²) in [5.41, 5.74) is 0.584. The average Bonchev–Trinajstić information content (AvgIpc) is 2.38. The third-order valence-electron chi connectivity index (χ3n) is 3.57. The molecule has 0 saturated carbocycles. The number of hydrogen-bond acceptors (Lipinski definition) is 4. The van der Waals surface area contributed by atoms with Gasteiger partial charge in [0.25, 0.3) is 0 Å². The fourth-order valence-corrected chi connectivity index (χ4v) is 2.96. The van der Waals surface area contributed by atoms with Crippen molar-refractivity contribution in [2.45, 2.75) is 19.8 Å². The molecule has 1 aromatic rings. The molecule has 1 fully saturated rings. The zero-order valence-electron chi connectivity index (χ0n) is 12.7. The quantitative estimate of drug-likeness (QED) is 0.775. The molecule has 1 aromatic carbocycles. The second kappa shape index (κ2) is 7.30. The number of benzene rings is 1. The standard InChI is InChI=1S/C14H21N3O3S.ClH/c1-14(7-4-8-15-10-14)13(18)16-11-5-3-6-12(9-11)17-21(2,19)20;/h3,5-6,9,15,17H,4,7-8,10H2,1-2H3,(H,16,18);1H. The first kappa shape index (κ1) is 18.7. The number of halogens is 1. The molecule has 1 saturated heterocycles. The van der Waals surface area contributed by atoms with Gasteiger partial charge in [-0.3, -0.25) is 9.52 Å². The van der Waals surface area contributed by atoms with Gasteiger partial charge in [-0.15, -0.1) is 12.4 Å². The fraction of sp³-hybridized carbons (Fsp3) is 0.500. The Morgan fingerprint density at radius 2 is 2.00 bits per heavy atom. The van der Waals surface area contributed by atoms with E-state index in [0.29, 0.717) is 17.9 Å². The van der Waals surface area contributed by atoms with Crippen LogP contribution >= 0.6 is 12.4 Å². The summed E-state index contributed by atoms with van der Waals surface area (Å²) in [6, 6.07) is 6.69. The summed E-state index contributed by atoms with van der Waals surface area (Å²) in [6.45, 7) is 3.53. The molecule has 0 bridgehead atoms. The van der Waals surface area contributed by atoms with E-state index in [1.54, 1.807) is 24.3 Å². The van der Waals surface area contributed by atoms with Gasteiger partial charge in [-0.1, -0.05) is 6.07 Å². The molecule has 1 amide bonds. The van der Waals surface area contributed by atoms with Crippen molar-refractivity contribution in [3.63, 3.8) is 0 Å². The van der Waals surface area contributed by atoms with Crippen molar-refractivity contribution < 1.29 is 13.2 Å². The van der Waals surface area contributed by atoms with Crippen LogP contribution in [0.5, 0.6) is 0 Å². The maximum Gasteiger partial charge on any atom is 0.231 e. The first-order chi connectivity index (χ1) is 9.78. The van der Waals surface area contributed by atoms with E-state index in [0.717, 1.165) is 25.6 Å². The van der Waals surface area contributed by atoms with Gasteiger partial charge < -0.3 is 10.6 Å². The molecule has 1 atom stereocenters. The van der Waals surface area contributed by atoms with E-state index in [2.05, 4.69) is 15.4 Å². The van der Waals surface area contributed by atoms with Crippen LogP contribution in [0.25, 0.3) is 0 Å². The summed E-state index contributed by atoms with van der Waals surface area (Å²) < 4.78 is 24.8. The minimum absolute atomic E-state index is 0. The van der Waals surface area contributed by atoms with Crippen LogP contribution in [-0.4, -0.2) is 33.7 Å². The average molecular weight is 348 g/mol. The molecule has 6 nitrogen and oxygen atoms in total. The summed E-state index contributed by atoms with van der Waals surface area (Å²) in [5, 5.41) is 6.10. The van der Waals surface area contributed by atoms with Gasteiger partial charge in [0.1, 0.15) is 0 Å². The summed E-state index contributed by atoms with van der Waals surface area (Å²) in [7, 11) is -3.33. The molecule has 0 aromatic heterocycles. The number of hydrogen-bond donors (Lipinski definition) is 3. The van der Waals surface area contributed by atoms with Crippen molar-refractivity contribution in [2.24, 2.45) is 5.41 Å². The van der Waals surface area contributed by atoms with Crippen LogP contribution in [0.15, 0.2) is 24.3 Å². The second-order valence-corrected chi connectivity index (χ2v) is 7.50. The van der Waals surface area contributed by atoms with E-state index in [4.69, 9.17) is 0 Å². The van der Waals surface area contributed by atoms with Crippen molar-refractivity contribution in [1.29, 1.82) is 0 Å². The predicted molar refractivity (Wildman–Crippen MR) is 91.0 cm³/mol. The molecule has 0 spiro atoms. The van der Waals surface area contributed by atoms with Gasteiger partial charge in [-0.25, -0.2) is 8.42 Å². The van der Waals surface area contributed by atoms with Crippen LogP contribution in [0.4, 0.5) is 11.4 Å². The smallest absolute Gasteiger partial charge is 0.231 e. The van der Waals surface area contributed by atoms with Crippen LogP contribution in [0, 0.1) is 5.41 Å². The fourth-order valence-electron chi connectivity index (χ4n) is 2.41. The minimum Gasteiger partial charge on any atom is -0.326 e. The SMILES string of the molecule is CC1(C(=O)Nc2cccc(NS(C)(=O)=O)c2)CCCNC1.Cl. The van der Waals surface area contributed by atoms with E-state index in [1.165, 1.54) is 0 Å². The lowest BCUT2D eigenvalue weighted by Crippen LogP contribution is -2.46. The predicted octanol–water partition coefficient (Wildman–Crippen LogP) is 1.81. The van der Waals surface area contributed by atoms with Gasteiger partial charge in [0.15, 0.2) is 0 Å². The number of amides is 1. The molecule has 8 heteroatoms. The molecule has 1 aliphatic heterocycles. The number of sulfonamides is 1. The molecule has 0 aliphatic carbocycles. The van der Waals surface area contributed by atoms with Crippen molar-refractivity contribution >= 4 is 39.7 Å². The number of carbonyl (C=O) groups is 1. The lowest BCUT2D eigenvalue weighted by Gasteiger charge is -2.32. The van der Waals surface area contributed by atoms with Crippen LogP contribution in [0.3, 0.4) is 0 Å². The van der Waals surface area contributed by atoms with Crippen molar-refractivity contribution in [3.8, 4) is 0 Å². The monoisotopic (exact) mass is 347 g/mol. The van der Waals surface area contributed by atoms with Gasteiger partial charge in [-0.05, 0) is 44.5 Å². The van der Waals surface area contributed by atoms with Crippen molar-refractivity contribution in [3.05, 3.63) is 24.3 Å². The van der Waals surface area contributed by atoms with E-state index in [9.17, 15) is 13.2 Å². The van der Waals surface area contributed by atoms with E-state index in [1.807, 2.05) is 6.92 Å². The van der Waals surface area contributed by atoms with Gasteiger partial charge >= 0.3 is 0 Å². The van der Waals surface area contributed by atoms with Gasteiger partial charge in [0, 0.05) is 12.2 Å². The molecular weight excluding hydrogens is 326 g/mol. The molecule has 1 aliphatic rings. The topological polar surface area (TPSA) is 87.3 Å². The molecule has 2 rings (SSSR count). The van der Waals surface area contributed by atoms with E-state index < -0.39 is 15.4 Å². The van der Waals surface area contributed by atoms with E-state index in [-0.39, 0.29) is 18.3 Å². The summed E-state index contributed by atoms with van der Waals surface area (Å²) in [4.78, 5) is 12.4. The third kappa shape index (κ3) is 5.15. The molecule has 1 unspecified atom stereocenters. The lowest BCUT2D eigenvalue weighted by molar-refractivity contribution is -0.125. The number of anilines is 2. The normalized spacial score (nSPS) is 21.5. The maximum atomic E-state index is 12.4. The van der Waals surface area contributed by atoms with E-state index >= 15 is 0 Å². The lowest BCUT2D eigenvalue weighted by atomic mass is 9.82. The highest BCUT2D eigenvalue weighted by atomic mass is 35.5. The van der Waals surface area contributed by atoms with Crippen LogP contribution in [0.2, 0.25) is 0 Å². The Morgan fingerprint density at radius 3 is 2.59 bits per heavy atom. The number of rotatable bonds is 4.